The van der Waals surface area contributed by atoms with Gasteiger partial charge in [-0.25, -0.2) is 23.8 Å². The second-order valence-electron chi connectivity index (χ2n) is 13.7. The average molecular weight is 807 g/mol. The van der Waals surface area contributed by atoms with Gasteiger partial charge in [0, 0.05) is 36.0 Å². The number of carboxylic acid groups (broad SMARTS) is 1. The van der Waals surface area contributed by atoms with Gasteiger partial charge in [-0.3, -0.25) is 9.59 Å². The van der Waals surface area contributed by atoms with Crippen molar-refractivity contribution < 1.29 is 43.2 Å². The van der Waals surface area contributed by atoms with Gasteiger partial charge in [0.15, 0.2) is 38.3 Å². The molecule has 0 spiro atoms. The molecule has 0 unspecified atom stereocenters. The number of hydrogen-bond acceptors (Lipinski definition) is 8. The van der Waals surface area contributed by atoms with Crippen LogP contribution in [-0.4, -0.2) is 99.6 Å². The summed E-state index contributed by atoms with van der Waals surface area (Å²) in [4.78, 5) is 52.8. The summed E-state index contributed by atoms with van der Waals surface area (Å²) in [5.41, 5.74) is 2.73. The van der Waals surface area contributed by atoms with Crippen LogP contribution in [-0.2, 0) is 25.7 Å². The van der Waals surface area contributed by atoms with Crippen molar-refractivity contribution in [3.05, 3.63) is 159 Å². The number of nitrogens with zero attached hydrogens (tertiary/aromatic N) is 3. The number of benzene rings is 4. The van der Waals surface area contributed by atoms with E-state index < -0.39 is 42.0 Å². The highest BCUT2D eigenvalue weighted by atomic mass is 16.5. The van der Waals surface area contributed by atoms with Crippen LogP contribution in [0.25, 0.3) is 0 Å². The molecule has 0 fully saturated rings. The van der Waals surface area contributed by atoms with Crippen LogP contribution in [0.4, 0.5) is 4.79 Å². The summed E-state index contributed by atoms with van der Waals surface area (Å²) in [6.45, 7) is -0.198. The van der Waals surface area contributed by atoms with Crippen molar-refractivity contribution in [2.45, 2.75) is 63.3 Å². The van der Waals surface area contributed by atoms with Crippen molar-refractivity contribution in [2.75, 3.05) is 19.6 Å². The number of hydroxylamine groups is 3. The summed E-state index contributed by atoms with van der Waals surface area (Å²) < 4.78 is 7.45. The quantitative estimate of drug-likeness (QED) is 0.0358. The van der Waals surface area contributed by atoms with Crippen LogP contribution < -0.4 is 16.0 Å². The van der Waals surface area contributed by atoms with Gasteiger partial charge in [0.05, 0.1) is 0 Å². The molecule has 3 amide bonds. The summed E-state index contributed by atoms with van der Waals surface area (Å²) in [6, 6.07) is 31.6. The van der Waals surface area contributed by atoms with E-state index in [-0.39, 0.29) is 64.8 Å². The molecule has 0 aliphatic rings. The minimum Gasteiger partial charge on any atom is -0.624 e. The molecule has 4 N–H and O–H groups in total. The Morgan fingerprint density at radius 3 is 1.25 bits per heavy atom. The maximum Gasteiger partial charge on any atom is 0.408 e. The van der Waals surface area contributed by atoms with E-state index in [4.69, 9.17) is 4.74 Å². The highest BCUT2D eigenvalue weighted by molar-refractivity contribution is 5.93. The molecular formula is C44H50N6O9. The SMILES string of the molecule is O=C(N[C@@H](CCC/[N+]([O-])=C/c1ccccc1)C(=O)N[C@@H](CCC/[N+]([O-])=C\c1ccccc1)C(=O)N[C@@H](CCC/[N+]([O-])=C/c1ccccc1)C(=O)O)OCc1ccccc1. The molecule has 4 aromatic rings. The Hall–Kier alpha value is -7.03. The van der Waals surface area contributed by atoms with E-state index >= 15 is 0 Å². The predicted molar refractivity (Wildman–Crippen MR) is 223 cm³/mol. The molecule has 0 aliphatic carbocycles. The van der Waals surface area contributed by atoms with E-state index in [0.717, 1.165) is 0 Å². The lowest BCUT2D eigenvalue weighted by Crippen LogP contribution is -2.56. The minimum absolute atomic E-state index is 0.0220. The van der Waals surface area contributed by atoms with Crippen molar-refractivity contribution in [3.8, 4) is 0 Å². The zero-order valence-corrected chi connectivity index (χ0v) is 32.6. The van der Waals surface area contributed by atoms with Crippen LogP contribution in [0.2, 0.25) is 0 Å². The zero-order valence-electron chi connectivity index (χ0n) is 32.6. The molecule has 0 aliphatic heterocycles. The molecule has 15 heteroatoms. The fourth-order valence-corrected chi connectivity index (χ4v) is 5.91. The van der Waals surface area contributed by atoms with Gasteiger partial charge in [-0.2, -0.15) is 0 Å². The van der Waals surface area contributed by atoms with Crippen molar-refractivity contribution in [3.63, 3.8) is 0 Å². The molecule has 4 aromatic carbocycles. The van der Waals surface area contributed by atoms with Gasteiger partial charge in [0.2, 0.25) is 11.8 Å². The van der Waals surface area contributed by atoms with Crippen LogP contribution in [0.15, 0.2) is 121 Å². The summed E-state index contributed by atoms with van der Waals surface area (Å²) in [7, 11) is 0. The highest BCUT2D eigenvalue weighted by Crippen LogP contribution is 2.08. The molecule has 0 aromatic heterocycles. The normalized spacial score (nSPS) is 13.4. The lowest BCUT2D eigenvalue weighted by atomic mass is 10.1. The number of carboxylic acids is 1. The van der Waals surface area contributed by atoms with E-state index in [2.05, 4.69) is 16.0 Å². The lowest BCUT2D eigenvalue weighted by molar-refractivity contribution is -0.453. The van der Waals surface area contributed by atoms with Crippen molar-refractivity contribution in [1.82, 2.24) is 16.0 Å². The number of amides is 3. The molecule has 4 rings (SSSR count). The number of alkyl carbamates (subject to hydrolysis) is 1. The van der Waals surface area contributed by atoms with Crippen LogP contribution in [0, 0.1) is 15.6 Å². The summed E-state index contributed by atoms with van der Waals surface area (Å²) in [5.74, 6) is -2.96. The van der Waals surface area contributed by atoms with Gasteiger partial charge in [-0.15, -0.1) is 0 Å². The van der Waals surface area contributed by atoms with E-state index in [1.54, 1.807) is 97.1 Å². The fraction of sp³-hybridized carbons (Fsp3) is 0.295. The van der Waals surface area contributed by atoms with Crippen molar-refractivity contribution >= 4 is 42.5 Å². The average Bonchev–Trinajstić information content (AvgIpc) is 3.23. The number of carbonyl (C=O) groups excluding carboxylic acids is 3. The Balaban J connectivity index is 1.47. The minimum atomic E-state index is -1.40. The third-order valence-corrected chi connectivity index (χ3v) is 8.96. The number of hydrogen-bond donors (Lipinski definition) is 4. The number of rotatable bonds is 23. The van der Waals surface area contributed by atoms with E-state index in [0.29, 0.717) is 36.5 Å². The number of aliphatic carboxylic acids is 1. The van der Waals surface area contributed by atoms with Gasteiger partial charge in [-0.1, -0.05) is 84.9 Å². The molecule has 0 heterocycles. The molecule has 0 bridgehead atoms. The largest absolute Gasteiger partial charge is 0.624 e. The molecule has 59 heavy (non-hydrogen) atoms. The smallest absolute Gasteiger partial charge is 0.408 e. The molecule has 3 atom stereocenters. The predicted octanol–water partition coefficient (Wildman–Crippen LogP) is 4.56. The lowest BCUT2D eigenvalue weighted by Gasteiger charge is -2.24. The van der Waals surface area contributed by atoms with Crippen LogP contribution in [0.3, 0.4) is 0 Å². The maximum atomic E-state index is 13.9. The van der Waals surface area contributed by atoms with Crippen LogP contribution in [0.5, 0.6) is 0 Å². The summed E-state index contributed by atoms with van der Waals surface area (Å²) in [5, 5.41) is 55.4. The Morgan fingerprint density at radius 1 is 0.525 bits per heavy atom. The van der Waals surface area contributed by atoms with E-state index in [1.807, 2.05) is 24.3 Å². The van der Waals surface area contributed by atoms with Crippen LogP contribution in [0.1, 0.15) is 60.8 Å². The third-order valence-electron chi connectivity index (χ3n) is 8.96. The Kier molecular flexibility index (Phi) is 18.6. The first-order chi connectivity index (χ1) is 28.5. The standard InChI is InChI=1S/C44H50N6O9/c51-41(46-40(43(53)54)26-15-29-50(58)32-36-20-9-3-10-21-36)38(24-13-27-48(56)30-34-16-5-1-6-17-34)45-42(52)39(47-44(55)59-33-37-22-11-4-12-23-37)25-14-28-49(57)31-35-18-7-2-8-19-35/h1-12,16-23,30-32,38-40H,13-15,24-29,33H2,(H,45,52)(H,46,51)(H,47,55)(H,53,54)/b48-30+,49-31-,50-32-/t38-,39-,40-/m0/s1. The molecule has 15 nitrogen and oxygen atoms in total. The Morgan fingerprint density at radius 2 is 0.864 bits per heavy atom. The number of ether oxygens (including phenoxy) is 1. The van der Waals surface area contributed by atoms with Crippen molar-refractivity contribution in [2.24, 2.45) is 0 Å². The van der Waals surface area contributed by atoms with Gasteiger partial charge < -0.3 is 41.4 Å². The first kappa shape index (κ1) is 44.7. The van der Waals surface area contributed by atoms with Gasteiger partial charge in [-0.05, 0) is 61.2 Å². The maximum absolute atomic E-state index is 13.9. The van der Waals surface area contributed by atoms with E-state index in [1.165, 1.54) is 18.6 Å². The highest BCUT2D eigenvalue weighted by Gasteiger charge is 2.30. The summed E-state index contributed by atoms with van der Waals surface area (Å²) >= 11 is 0. The van der Waals surface area contributed by atoms with Gasteiger partial charge in [0.1, 0.15) is 24.7 Å². The fourth-order valence-electron chi connectivity index (χ4n) is 5.91. The van der Waals surface area contributed by atoms with Crippen molar-refractivity contribution in [1.29, 1.82) is 0 Å². The second-order valence-corrected chi connectivity index (χ2v) is 13.7. The molecule has 0 radical (unpaired) electrons. The van der Waals surface area contributed by atoms with Crippen LogP contribution >= 0.6 is 0 Å². The summed E-state index contributed by atoms with van der Waals surface area (Å²) in [6.07, 6.45) is 3.46. The molecule has 0 saturated carbocycles. The topological polar surface area (TPSA) is 212 Å². The zero-order chi connectivity index (χ0) is 42.2. The second kappa shape index (κ2) is 24.6. The molecule has 310 valence electrons. The first-order valence-corrected chi connectivity index (χ1v) is 19.4. The number of carbonyl (C=O) groups is 4. The Labute approximate surface area is 343 Å². The number of nitrogens with one attached hydrogen (secondary N) is 3. The third kappa shape index (κ3) is 17.3. The monoisotopic (exact) mass is 806 g/mol. The van der Waals surface area contributed by atoms with E-state index in [9.17, 15) is 39.9 Å². The molecule has 0 saturated heterocycles. The van der Waals surface area contributed by atoms with Gasteiger partial charge >= 0.3 is 12.1 Å². The Bertz CT molecular complexity index is 2010. The molecular weight excluding hydrogens is 757 g/mol. The van der Waals surface area contributed by atoms with Gasteiger partial charge in [0.25, 0.3) is 0 Å². The first-order valence-electron chi connectivity index (χ1n) is 19.4.